The average Bonchev–Trinajstić information content (AvgIpc) is 3.32. The summed E-state index contributed by atoms with van der Waals surface area (Å²) in [5.41, 5.74) is 2.62. The van der Waals surface area contributed by atoms with Gasteiger partial charge >= 0.3 is 0 Å². The zero-order valence-corrected chi connectivity index (χ0v) is 18.0. The van der Waals surface area contributed by atoms with E-state index < -0.39 is 0 Å². The molecule has 9 heteroatoms. The van der Waals surface area contributed by atoms with Gasteiger partial charge < -0.3 is 9.73 Å². The molecule has 2 heterocycles. The molecule has 4 rings (SSSR count). The number of thioether (sulfide) groups is 1. The lowest BCUT2D eigenvalue weighted by molar-refractivity contribution is -0.119. The normalized spacial score (nSPS) is 17.5. The summed E-state index contributed by atoms with van der Waals surface area (Å²) in [6, 6.07) is 6.22. The van der Waals surface area contributed by atoms with Crippen LogP contribution in [0.2, 0.25) is 0 Å². The van der Waals surface area contributed by atoms with Crippen molar-refractivity contribution in [1.82, 2.24) is 25.3 Å². The first kappa shape index (κ1) is 20.6. The summed E-state index contributed by atoms with van der Waals surface area (Å²) in [6.45, 7) is 6.26. The summed E-state index contributed by atoms with van der Waals surface area (Å²) in [6.07, 6.45) is 4.03. The number of aromatic nitrogens is 4. The van der Waals surface area contributed by atoms with Crippen molar-refractivity contribution >= 4 is 17.7 Å². The highest BCUT2D eigenvalue weighted by molar-refractivity contribution is 7.99. The molecule has 2 aromatic heterocycles. The van der Waals surface area contributed by atoms with Crippen molar-refractivity contribution in [2.45, 2.75) is 51.3 Å². The zero-order chi connectivity index (χ0) is 21.3. The second-order valence-electron chi connectivity index (χ2n) is 8.21. The molecule has 1 aliphatic rings. The first-order valence-electron chi connectivity index (χ1n) is 9.92. The minimum atomic E-state index is -0.305. The summed E-state index contributed by atoms with van der Waals surface area (Å²) in [5.74, 6) is 0.334. The van der Waals surface area contributed by atoms with Crippen LogP contribution in [0.1, 0.15) is 50.4 Å². The number of carbonyl (C=O) groups is 1. The standard InChI is InChI=1S/C21H24FN5O2S/c1-4-19-25-26-20(29-19)30-12-18(28)24-16-9-21(2,3)10-17-15(16)11-23-27(17)14-7-5-6-13(22)8-14/h5-8,11,16H,4,9-10,12H2,1-3H3,(H,24,28)/t16-/m0/s1. The fourth-order valence-corrected chi connectivity index (χ4v) is 4.40. The van der Waals surface area contributed by atoms with Gasteiger partial charge in [0.25, 0.3) is 5.22 Å². The van der Waals surface area contributed by atoms with E-state index in [9.17, 15) is 9.18 Å². The topological polar surface area (TPSA) is 85.8 Å². The highest BCUT2D eigenvalue weighted by Crippen LogP contribution is 2.41. The van der Waals surface area contributed by atoms with E-state index in [1.54, 1.807) is 16.9 Å². The van der Waals surface area contributed by atoms with Crippen LogP contribution in [-0.4, -0.2) is 31.6 Å². The number of benzene rings is 1. The number of halogens is 1. The van der Waals surface area contributed by atoms with Gasteiger partial charge in [-0.3, -0.25) is 4.79 Å². The monoisotopic (exact) mass is 429 g/mol. The molecule has 1 atom stereocenters. The van der Waals surface area contributed by atoms with Crippen LogP contribution in [0, 0.1) is 11.2 Å². The lowest BCUT2D eigenvalue weighted by Crippen LogP contribution is -2.37. The molecule has 0 unspecified atom stereocenters. The van der Waals surface area contributed by atoms with Crippen LogP contribution in [-0.2, 0) is 17.6 Å². The van der Waals surface area contributed by atoms with E-state index in [-0.39, 0.29) is 28.9 Å². The summed E-state index contributed by atoms with van der Waals surface area (Å²) in [7, 11) is 0. The SMILES string of the molecule is CCc1nnc(SCC(=O)N[C@H]2CC(C)(C)Cc3c2cnn3-c2cccc(F)c2)o1. The molecule has 0 spiro atoms. The van der Waals surface area contributed by atoms with E-state index in [2.05, 4.69) is 34.5 Å². The summed E-state index contributed by atoms with van der Waals surface area (Å²) < 4.78 is 20.9. The lowest BCUT2D eigenvalue weighted by Gasteiger charge is -2.36. The van der Waals surface area contributed by atoms with Gasteiger partial charge in [-0.2, -0.15) is 5.10 Å². The molecule has 3 aromatic rings. The molecule has 1 aliphatic carbocycles. The minimum absolute atomic E-state index is 0.0360. The van der Waals surface area contributed by atoms with Crippen LogP contribution >= 0.6 is 11.8 Å². The highest BCUT2D eigenvalue weighted by Gasteiger charge is 2.36. The Morgan fingerprint density at radius 3 is 2.97 bits per heavy atom. The maximum absolute atomic E-state index is 13.7. The first-order chi connectivity index (χ1) is 14.3. The van der Waals surface area contributed by atoms with E-state index >= 15 is 0 Å². The Hall–Kier alpha value is -2.68. The predicted octanol–water partition coefficient (Wildman–Crippen LogP) is 3.88. The number of carbonyl (C=O) groups excluding carboxylic acids is 1. The molecule has 0 bridgehead atoms. The van der Waals surface area contributed by atoms with E-state index in [4.69, 9.17) is 4.42 Å². The molecule has 1 N–H and O–H groups in total. The van der Waals surface area contributed by atoms with Crippen LogP contribution in [0.15, 0.2) is 40.1 Å². The molecule has 7 nitrogen and oxygen atoms in total. The average molecular weight is 430 g/mol. The van der Waals surface area contributed by atoms with E-state index in [1.165, 1.54) is 23.9 Å². The van der Waals surface area contributed by atoms with E-state index in [0.717, 1.165) is 24.1 Å². The van der Waals surface area contributed by atoms with Crippen LogP contribution in [0.5, 0.6) is 0 Å². The predicted molar refractivity (Wildman–Crippen MR) is 111 cm³/mol. The Kier molecular flexibility index (Phi) is 5.64. The third kappa shape index (κ3) is 4.40. The second-order valence-corrected chi connectivity index (χ2v) is 9.13. The van der Waals surface area contributed by atoms with Crippen molar-refractivity contribution < 1.29 is 13.6 Å². The second kappa shape index (κ2) is 8.22. The Morgan fingerprint density at radius 2 is 2.23 bits per heavy atom. The fourth-order valence-electron chi connectivity index (χ4n) is 3.80. The van der Waals surface area contributed by atoms with Gasteiger partial charge in [-0.05, 0) is 36.5 Å². The number of amides is 1. The summed E-state index contributed by atoms with van der Waals surface area (Å²) in [5, 5.41) is 15.9. The molecular weight excluding hydrogens is 405 g/mol. The van der Waals surface area contributed by atoms with E-state index in [1.807, 2.05) is 13.0 Å². The van der Waals surface area contributed by atoms with Crippen LogP contribution in [0.3, 0.4) is 0 Å². The first-order valence-corrected chi connectivity index (χ1v) is 10.9. The number of rotatable bonds is 6. The van der Waals surface area contributed by atoms with Crippen molar-refractivity contribution in [3.05, 3.63) is 53.4 Å². The number of nitrogens with zero attached hydrogens (tertiary/aromatic N) is 4. The molecule has 0 aliphatic heterocycles. The molecule has 0 fully saturated rings. The van der Waals surface area contributed by atoms with Crippen molar-refractivity contribution in [2.75, 3.05) is 5.75 Å². The van der Waals surface area contributed by atoms with Crippen LogP contribution in [0.4, 0.5) is 4.39 Å². The molecule has 0 saturated heterocycles. The van der Waals surface area contributed by atoms with Gasteiger partial charge in [0.15, 0.2) is 0 Å². The Labute approximate surface area is 178 Å². The molecule has 0 saturated carbocycles. The molecule has 30 heavy (non-hydrogen) atoms. The van der Waals surface area contributed by atoms with Crippen molar-refractivity contribution in [1.29, 1.82) is 0 Å². The fraction of sp³-hybridized carbons (Fsp3) is 0.429. The van der Waals surface area contributed by atoms with Gasteiger partial charge in [0.05, 0.1) is 29.4 Å². The molecule has 158 valence electrons. The Balaban J connectivity index is 1.51. The summed E-state index contributed by atoms with van der Waals surface area (Å²) in [4.78, 5) is 12.6. The van der Waals surface area contributed by atoms with Crippen molar-refractivity contribution in [2.24, 2.45) is 5.41 Å². The smallest absolute Gasteiger partial charge is 0.277 e. The van der Waals surface area contributed by atoms with Gasteiger partial charge in [0.2, 0.25) is 11.8 Å². The molecule has 0 radical (unpaired) electrons. The van der Waals surface area contributed by atoms with Gasteiger partial charge in [-0.1, -0.05) is 38.6 Å². The van der Waals surface area contributed by atoms with Gasteiger partial charge in [0.1, 0.15) is 5.82 Å². The van der Waals surface area contributed by atoms with Crippen molar-refractivity contribution in [3.63, 3.8) is 0 Å². The highest BCUT2D eigenvalue weighted by atomic mass is 32.2. The molecule has 1 amide bonds. The quantitative estimate of drug-likeness (QED) is 0.599. The van der Waals surface area contributed by atoms with Crippen LogP contribution < -0.4 is 5.32 Å². The summed E-state index contributed by atoms with van der Waals surface area (Å²) >= 11 is 1.22. The third-order valence-corrected chi connectivity index (χ3v) is 5.96. The van der Waals surface area contributed by atoms with Gasteiger partial charge in [0, 0.05) is 12.0 Å². The number of aryl methyl sites for hydroxylation is 1. The molecule has 1 aromatic carbocycles. The number of hydrogen-bond donors (Lipinski definition) is 1. The molecular formula is C21H24FN5O2S. The maximum Gasteiger partial charge on any atom is 0.277 e. The van der Waals surface area contributed by atoms with Crippen molar-refractivity contribution in [3.8, 4) is 5.69 Å². The lowest BCUT2D eigenvalue weighted by atomic mass is 9.74. The minimum Gasteiger partial charge on any atom is -0.416 e. The van der Waals surface area contributed by atoms with Crippen LogP contribution in [0.25, 0.3) is 5.69 Å². The maximum atomic E-state index is 13.7. The number of hydrogen-bond acceptors (Lipinski definition) is 6. The largest absolute Gasteiger partial charge is 0.416 e. The number of fused-ring (bicyclic) bond motifs is 1. The van der Waals surface area contributed by atoms with E-state index in [0.29, 0.717) is 23.2 Å². The zero-order valence-electron chi connectivity index (χ0n) is 17.2. The Morgan fingerprint density at radius 1 is 1.40 bits per heavy atom. The van der Waals surface area contributed by atoms with Gasteiger partial charge in [-0.25, -0.2) is 9.07 Å². The van der Waals surface area contributed by atoms with Gasteiger partial charge in [-0.15, -0.1) is 10.2 Å². The Bertz CT molecular complexity index is 1060. The third-order valence-electron chi connectivity index (χ3n) is 5.14. The number of nitrogens with one attached hydrogen (secondary N) is 1.